The highest BCUT2D eigenvalue weighted by molar-refractivity contribution is 5.86. The molecule has 1 atom stereocenters. The number of likely N-dealkylation sites (tertiary alicyclic amines) is 1. The first-order chi connectivity index (χ1) is 13.3. The van der Waals surface area contributed by atoms with Gasteiger partial charge in [0.25, 0.3) is 5.91 Å². The minimum atomic E-state index is -1.60. The summed E-state index contributed by atoms with van der Waals surface area (Å²) in [5, 5.41) is 10.9. The lowest BCUT2D eigenvalue weighted by Gasteiger charge is -2.40. The normalized spacial score (nSPS) is 20.1. The molecule has 3 rings (SSSR count). The predicted octanol–water partition coefficient (Wildman–Crippen LogP) is 3.09. The molecule has 1 aliphatic heterocycles. The van der Waals surface area contributed by atoms with Gasteiger partial charge in [-0.15, -0.1) is 0 Å². The molecule has 0 radical (unpaired) electrons. The molecule has 7 heteroatoms. The maximum Gasteiger partial charge on any atom is 0.256 e. The van der Waals surface area contributed by atoms with E-state index in [0.29, 0.717) is 25.9 Å². The summed E-state index contributed by atoms with van der Waals surface area (Å²) < 4.78 is 40.4. The third-order valence-corrected chi connectivity index (χ3v) is 4.99. The molecular weight excluding hydrogens is 369 g/mol. The molecule has 28 heavy (non-hydrogen) atoms. The Hall–Kier alpha value is -2.38. The Bertz CT molecular complexity index is 844. The van der Waals surface area contributed by atoms with Gasteiger partial charge in [-0.3, -0.25) is 9.69 Å². The molecule has 1 aliphatic rings. The van der Waals surface area contributed by atoms with Crippen LogP contribution in [0.1, 0.15) is 24.0 Å². The average Bonchev–Trinajstić information content (AvgIpc) is 2.64. The lowest BCUT2D eigenvalue weighted by molar-refractivity contribution is -0.160. The van der Waals surface area contributed by atoms with E-state index in [1.165, 1.54) is 29.2 Å². The quantitative estimate of drug-likeness (QED) is 0.822. The largest absolute Gasteiger partial charge is 0.379 e. The molecule has 1 heterocycles. The van der Waals surface area contributed by atoms with E-state index in [0.717, 1.165) is 11.6 Å². The van der Waals surface area contributed by atoms with Crippen LogP contribution in [0.3, 0.4) is 0 Å². The van der Waals surface area contributed by atoms with Gasteiger partial charge in [0.15, 0.2) is 17.2 Å². The number of carbonyl (C=O) groups is 1. The van der Waals surface area contributed by atoms with Crippen LogP contribution in [-0.4, -0.2) is 46.6 Å². The number of likely N-dealkylation sites (N-methyl/N-ethyl adjacent to an activating group) is 1. The Balaban J connectivity index is 1.67. The van der Waals surface area contributed by atoms with Crippen molar-refractivity contribution < 1.29 is 23.1 Å². The number of hydrogen-bond acceptors (Lipinski definition) is 3. The van der Waals surface area contributed by atoms with Crippen LogP contribution in [0.5, 0.6) is 0 Å². The van der Waals surface area contributed by atoms with Gasteiger partial charge in [0.1, 0.15) is 5.82 Å². The summed E-state index contributed by atoms with van der Waals surface area (Å²) in [6.07, 6.45) is 0.852. The SMILES string of the molecule is CN(Cc1ccc(F)cc1)CC1(O)CCCN(Cc2cccc(F)c2F)C1=O. The van der Waals surface area contributed by atoms with Crippen molar-refractivity contribution in [1.29, 1.82) is 0 Å². The van der Waals surface area contributed by atoms with Crippen molar-refractivity contribution in [2.24, 2.45) is 0 Å². The van der Waals surface area contributed by atoms with E-state index in [-0.39, 0.29) is 24.5 Å². The molecule has 0 aromatic heterocycles. The van der Waals surface area contributed by atoms with E-state index in [1.54, 1.807) is 24.1 Å². The molecule has 4 nitrogen and oxygen atoms in total. The number of hydrogen-bond donors (Lipinski definition) is 1. The highest BCUT2D eigenvalue weighted by atomic mass is 19.2. The minimum absolute atomic E-state index is 0.0808. The van der Waals surface area contributed by atoms with Crippen LogP contribution in [0.2, 0.25) is 0 Å². The number of amides is 1. The Labute approximate surface area is 162 Å². The second-order valence-corrected chi connectivity index (χ2v) is 7.37. The van der Waals surface area contributed by atoms with Gasteiger partial charge in [0.2, 0.25) is 0 Å². The molecule has 0 spiro atoms. The van der Waals surface area contributed by atoms with Gasteiger partial charge in [-0.2, -0.15) is 0 Å². The van der Waals surface area contributed by atoms with Crippen LogP contribution in [0.15, 0.2) is 42.5 Å². The molecule has 1 fully saturated rings. The van der Waals surface area contributed by atoms with Gasteiger partial charge < -0.3 is 10.0 Å². The van der Waals surface area contributed by atoms with Crippen molar-refractivity contribution >= 4 is 5.91 Å². The maximum atomic E-state index is 13.9. The van der Waals surface area contributed by atoms with Crippen LogP contribution in [0.25, 0.3) is 0 Å². The summed E-state index contributed by atoms with van der Waals surface area (Å²) in [7, 11) is 1.76. The first-order valence-electron chi connectivity index (χ1n) is 9.16. The Morgan fingerprint density at radius 1 is 1.14 bits per heavy atom. The molecule has 0 saturated carbocycles. The summed E-state index contributed by atoms with van der Waals surface area (Å²) >= 11 is 0. The van der Waals surface area contributed by atoms with Crippen molar-refractivity contribution in [2.45, 2.75) is 31.5 Å². The summed E-state index contributed by atoms with van der Waals surface area (Å²) in [6, 6.07) is 9.87. The van der Waals surface area contributed by atoms with Gasteiger partial charge in [-0.25, -0.2) is 13.2 Å². The molecule has 0 bridgehead atoms. The first-order valence-corrected chi connectivity index (χ1v) is 9.16. The number of piperidine rings is 1. The monoisotopic (exact) mass is 392 g/mol. The first kappa shape index (κ1) is 20.4. The molecule has 150 valence electrons. The summed E-state index contributed by atoms with van der Waals surface area (Å²) in [6.45, 7) is 0.810. The Morgan fingerprint density at radius 3 is 2.57 bits per heavy atom. The molecular formula is C21H23F3N2O2. The van der Waals surface area contributed by atoms with E-state index in [1.807, 2.05) is 0 Å². The zero-order chi connectivity index (χ0) is 20.3. The molecule has 2 aromatic rings. The van der Waals surface area contributed by atoms with Crippen molar-refractivity contribution in [1.82, 2.24) is 9.80 Å². The van der Waals surface area contributed by atoms with Crippen molar-refractivity contribution in [3.05, 3.63) is 71.0 Å². The number of nitrogens with zero attached hydrogens (tertiary/aromatic N) is 2. The van der Waals surface area contributed by atoms with Gasteiger partial charge in [-0.1, -0.05) is 24.3 Å². The topological polar surface area (TPSA) is 43.8 Å². The smallest absolute Gasteiger partial charge is 0.256 e. The fraction of sp³-hybridized carbons (Fsp3) is 0.381. The highest BCUT2D eigenvalue weighted by Crippen LogP contribution is 2.26. The summed E-state index contributed by atoms with van der Waals surface area (Å²) in [5.74, 6) is -2.75. The van der Waals surface area contributed by atoms with E-state index >= 15 is 0 Å². The molecule has 2 aromatic carbocycles. The number of benzene rings is 2. The number of carbonyl (C=O) groups excluding carboxylic acids is 1. The minimum Gasteiger partial charge on any atom is -0.379 e. The third-order valence-electron chi connectivity index (χ3n) is 4.99. The lowest BCUT2D eigenvalue weighted by Crippen LogP contribution is -2.57. The number of halogens is 3. The zero-order valence-corrected chi connectivity index (χ0v) is 15.7. The molecule has 1 unspecified atom stereocenters. The van der Waals surface area contributed by atoms with Gasteiger partial charge in [0, 0.05) is 31.7 Å². The zero-order valence-electron chi connectivity index (χ0n) is 15.7. The molecule has 1 N–H and O–H groups in total. The highest BCUT2D eigenvalue weighted by Gasteiger charge is 2.43. The second kappa shape index (κ2) is 8.32. The second-order valence-electron chi connectivity index (χ2n) is 7.37. The van der Waals surface area contributed by atoms with E-state index < -0.39 is 23.1 Å². The van der Waals surface area contributed by atoms with Crippen molar-refractivity contribution in [3.63, 3.8) is 0 Å². The van der Waals surface area contributed by atoms with Crippen molar-refractivity contribution in [2.75, 3.05) is 20.1 Å². The van der Waals surface area contributed by atoms with Crippen LogP contribution < -0.4 is 0 Å². The van der Waals surface area contributed by atoms with Crippen LogP contribution in [0.4, 0.5) is 13.2 Å². The Morgan fingerprint density at radius 2 is 1.86 bits per heavy atom. The third kappa shape index (κ3) is 4.54. The predicted molar refractivity (Wildman–Crippen MR) is 98.7 cm³/mol. The van der Waals surface area contributed by atoms with E-state index in [9.17, 15) is 23.1 Å². The van der Waals surface area contributed by atoms with Crippen LogP contribution in [-0.2, 0) is 17.9 Å². The number of rotatable bonds is 6. The van der Waals surface area contributed by atoms with Crippen LogP contribution in [0, 0.1) is 17.5 Å². The van der Waals surface area contributed by atoms with E-state index in [4.69, 9.17) is 0 Å². The lowest BCUT2D eigenvalue weighted by atomic mass is 9.90. The van der Waals surface area contributed by atoms with Crippen molar-refractivity contribution in [3.8, 4) is 0 Å². The van der Waals surface area contributed by atoms with Gasteiger partial charge in [-0.05, 0) is 43.7 Å². The van der Waals surface area contributed by atoms with Crippen LogP contribution >= 0.6 is 0 Å². The fourth-order valence-corrected chi connectivity index (χ4v) is 3.64. The fourth-order valence-electron chi connectivity index (χ4n) is 3.64. The van der Waals surface area contributed by atoms with Gasteiger partial charge >= 0.3 is 0 Å². The average molecular weight is 392 g/mol. The molecule has 1 saturated heterocycles. The number of aliphatic hydroxyl groups is 1. The Kier molecular flexibility index (Phi) is 6.05. The molecule has 0 aliphatic carbocycles. The van der Waals surface area contributed by atoms with Gasteiger partial charge in [0.05, 0.1) is 0 Å². The van der Waals surface area contributed by atoms with E-state index in [2.05, 4.69) is 0 Å². The summed E-state index contributed by atoms with van der Waals surface area (Å²) in [4.78, 5) is 16.0. The standard InChI is InChI=1S/C21H23F3N2O2/c1-25(12-15-6-8-17(22)9-7-15)14-21(28)10-3-11-26(20(21)27)13-16-4-2-5-18(23)19(16)24/h2,4-9,28H,3,10-14H2,1H3. The maximum absolute atomic E-state index is 13.9. The molecule has 1 amide bonds. The summed E-state index contributed by atoms with van der Waals surface area (Å²) in [5.41, 5.74) is -0.664.